The molecule has 0 aliphatic heterocycles. The lowest BCUT2D eigenvalue weighted by Gasteiger charge is -2.15. The fourth-order valence-electron chi connectivity index (χ4n) is 2.48. The van der Waals surface area contributed by atoms with E-state index in [1.807, 2.05) is 30.3 Å². The molecular weight excluding hydrogens is 366 g/mol. The number of amides is 1. The van der Waals surface area contributed by atoms with Crippen molar-refractivity contribution in [1.82, 2.24) is 5.32 Å². The third kappa shape index (κ3) is 5.78. The molecular formula is C19H21N3O6. The summed E-state index contributed by atoms with van der Waals surface area (Å²) >= 11 is 0. The van der Waals surface area contributed by atoms with Crippen LogP contribution in [-0.4, -0.2) is 41.7 Å². The van der Waals surface area contributed by atoms with Gasteiger partial charge in [0.1, 0.15) is 0 Å². The lowest BCUT2D eigenvalue weighted by atomic mass is 10.1. The number of nitrogens with one attached hydrogen (secondary N) is 2. The third-order valence-corrected chi connectivity index (χ3v) is 3.87. The molecule has 0 unspecified atom stereocenters. The summed E-state index contributed by atoms with van der Waals surface area (Å²) in [5.41, 5.74) is 0.786. The number of carbonyl (C=O) groups is 2. The van der Waals surface area contributed by atoms with Gasteiger partial charge in [-0.15, -0.1) is 0 Å². The number of nitro groups is 1. The van der Waals surface area contributed by atoms with Crippen LogP contribution >= 0.6 is 0 Å². The van der Waals surface area contributed by atoms with E-state index in [2.05, 4.69) is 10.6 Å². The van der Waals surface area contributed by atoms with Crippen LogP contribution in [0.25, 0.3) is 0 Å². The van der Waals surface area contributed by atoms with Gasteiger partial charge in [0, 0.05) is 24.4 Å². The van der Waals surface area contributed by atoms with E-state index >= 15 is 0 Å². The molecule has 9 heteroatoms. The highest BCUT2D eigenvalue weighted by Gasteiger charge is 2.19. The maximum absolute atomic E-state index is 12.3. The number of nitro benzene ring substituents is 1. The number of non-ortho nitro benzene ring substituents is 1. The minimum atomic E-state index is -0.883. The molecule has 0 bridgehead atoms. The van der Waals surface area contributed by atoms with Crippen LogP contribution in [0, 0.1) is 10.1 Å². The highest BCUT2D eigenvalue weighted by atomic mass is 16.6. The van der Waals surface area contributed by atoms with E-state index in [0.717, 1.165) is 11.6 Å². The zero-order chi connectivity index (χ0) is 20.5. The Balaban J connectivity index is 2.02. The number of anilines is 1. The van der Waals surface area contributed by atoms with Crippen LogP contribution in [0.3, 0.4) is 0 Å². The minimum Gasteiger partial charge on any atom is -0.452 e. The molecule has 2 aromatic carbocycles. The number of carbonyl (C=O) groups excluding carboxylic acids is 2. The summed E-state index contributed by atoms with van der Waals surface area (Å²) in [6, 6.07) is 12.6. The van der Waals surface area contributed by atoms with Gasteiger partial charge in [-0.25, -0.2) is 4.79 Å². The Morgan fingerprint density at radius 1 is 1.21 bits per heavy atom. The van der Waals surface area contributed by atoms with Gasteiger partial charge in [0.05, 0.1) is 23.1 Å². The molecule has 0 spiro atoms. The quantitative estimate of drug-likeness (QED) is 0.341. The van der Waals surface area contributed by atoms with Crippen LogP contribution in [0.1, 0.15) is 28.9 Å². The zero-order valence-electron chi connectivity index (χ0n) is 15.3. The lowest BCUT2D eigenvalue weighted by molar-refractivity contribution is -0.384. The van der Waals surface area contributed by atoms with Crippen molar-refractivity contribution in [2.45, 2.75) is 13.0 Å². The van der Waals surface area contributed by atoms with E-state index in [1.165, 1.54) is 12.1 Å². The average Bonchev–Trinajstić information content (AvgIpc) is 2.70. The number of hydrogen-bond acceptors (Lipinski definition) is 7. The van der Waals surface area contributed by atoms with Crippen LogP contribution in [0.5, 0.6) is 0 Å². The first kappa shape index (κ1) is 20.8. The summed E-state index contributed by atoms with van der Waals surface area (Å²) in [6.45, 7) is 1.23. The normalized spacial score (nSPS) is 11.4. The molecule has 148 valence electrons. The zero-order valence-corrected chi connectivity index (χ0v) is 15.3. The van der Waals surface area contributed by atoms with Crippen molar-refractivity contribution in [2.24, 2.45) is 0 Å². The molecule has 0 saturated carbocycles. The fourth-order valence-corrected chi connectivity index (χ4v) is 2.48. The van der Waals surface area contributed by atoms with Gasteiger partial charge in [0.15, 0.2) is 6.61 Å². The van der Waals surface area contributed by atoms with Crippen molar-refractivity contribution < 1.29 is 24.4 Å². The molecule has 9 nitrogen and oxygen atoms in total. The molecule has 0 aliphatic rings. The molecule has 2 aromatic rings. The molecule has 3 N–H and O–H groups in total. The molecule has 0 aromatic heterocycles. The smallest absolute Gasteiger partial charge is 0.341 e. The van der Waals surface area contributed by atoms with Crippen molar-refractivity contribution in [2.75, 3.05) is 25.1 Å². The third-order valence-electron chi connectivity index (χ3n) is 3.87. The van der Waals surface area contributed by atoms with Crippen LogP contribution in [-0.2, 0) is 9.53 Å². The lowest BCUT2D eigenvalue weighted by Crippen LogP contribution is -2.31. The average molecular weight is 387 g/mol. The number of aliphatic hydroxyl groups is 1. The standard InChI is InChI=1S/C19H21N3O6/c1-13(14-5-3-2-4-6-14)21-18(24)12-28-19(25)16-11-15(22(26)27)7-8-17(16)20-9-10-23/h2-8,11,13,20,23H,9-10,12H2,1H3,(H,21,24)/t13-/m0/s1. The Kier molecular flexibility index (Phi) is 7.46. The summed E-state index contributed by atoms with van der Waals surface area (Å²) in [4.78, 5) is 34.7. The molecule has 2 rings (SSSR count). The van der Waals surface area contributed by atoms with Crippen molar-refractivity contribution in [3.05, 3.63) is 69.8 Å². The maximum Gasteiger partial charge on any atom is 0.341 e. The number of rotatable bonds is 9. The predicted octanol–water partition coefficient (Wildman–Crippen LogP) is 2.03. The molecule has 0 saturated heterocycles. The summed E-state index contributed by atoms with van der Waals surface area (Å²) in [7, 11) is 0. The van der Waals surface area contributed by atoms with Gasteiger partial charge < -0.3 is 20.5 Å². The van der Waals surface area contributed by atoms with Gasteiger partial charge in [-0.2, -0.15) is 0 Å². The predicted molar refractivity (Wildman–Crippen MR) is 102 cm³/mol. The summed E-state index contributed by atoms with van der Waals surface area (Å²) in [5, 5.41) is 25.4. The number of aliphatic hydroxyl groups excluding tert-OH is 1. The number of benzene rings is 2. The van der Waals surface area contributed by atoms with Crippen molar-refractivity contribution in [1.29, 1.82) is 0 Å². The molecule has 28 heavy (non-hydrogen) atoms. The number of nitrogens with zero attached hydrogens (tertiary/aromatic N) is 1. The van der Waals surface area contributed by atoms with Gasteiger partial charge in [0.25, 0.3) is 11.6 Å². The van der Waals surface area contributed by atoms with E-state index in [0.29, 0.717) is 0 Å². The summed E-state index contributed by atoms with van der Waals surface area (Å²) < 4.78 is 5.01. The first-order valence-corrected chi connectivity index (χ1v) is 8.57. The van der Waals surface area contributed by atoms with Gasteiger partial charge >= 0.3 is 5.97 Å². The number of esters is 1. The molecule has 1 amide bonds. The first-order valence-electron chi connectivity index (χ1n) is 8.57. The molecule has 1 atom stereocenters. The minimum absolute atomic E-state index is 0.0912. The monoisotopic (exact) mass is 387 g/mol. The van der Waals surface area contributed by atoms with Gasteiger partial charge in [-0.1, -0.05) is 30.3 Å². The van der Waals surface area contributed by atoms with Crippen molar-refractivity contribution >= 4 is 23.3 Å². The largest absolute Gasteiger partial charge is 0.452 e. The molecule has 0 radical (unpaired) electrons. The number of ether oxygens (including phenoxy) is 1. The summed E-state index contributed by atoms with van der Waals surface area (Å²) in [5.74, 6) is -1.38. The maximum atomic E-state index is 12.3. The van der Waals surface area contributed by atoms with E-state index in [1.54, 1.807) is 6.92 Å². The van der Waals surface area contributed by atoms with E-state index in [-0.39, 0.29) is 36.1 Å². The first-order chi connectivity index (χ1) is 13.4. The van der Waals surface area contributed by atoms with Crippen LogP contribution < -0.4 is 10.6 Å². The van der Waals surface area contributed by atoms with Crippen LogP contribution in [0.15, 0.2) is 48.5 Å². The Bertz CT molecular complexity index is 841. The Morgan fingerprint density at radius 2 is 1.93 bits per heavy atom. The Hall–Kier alpha value is -3.46. The highest BCUT2D eigenvalue weighted by Crippen LogP contribution is 2.23. The second-order valence-electron chi connectivity index (χ2n) is 5.91. The van der Waals surface area contributed by atoms with Crippen LogP contribution in [0.4, 0.5) is 11.4 Å². The van der Waals surface area contributed by atoms with Crippen molar-refractivity contribution in [3.8, 4) is 0 Å². The molecule has 0 heterocycles. The van der Waals surface area contributed by atoms with E-state index < -0.39 is 23.4 Å². The van der Waals surface area contributed by atoms with E-state index in [4.69, 9.17) is 9.84 Å². The van der Waals surface area contributed by atoms with E-state index in [9.17, 15) is 19.7 Å². The highest BCUT2D eigenvalue weighted by molar-refractivity contribution is 5.97. The molecule has 0 aliphatic carbocycles. The summed E-state index contributed by atoms with van der Waals surface area (Å²) in [6.07, 6.45) is 0. The second kappa shape index (κ2) is 10.0. The Morgan fingerprint density at radius 3 is 2.57 bits per heavy atom. The van der Waals surface area contributed by atoms with Gasteiger partial charge in [-0.3, -0.25) is 14.9 Å². The second-order valence-corrected chi connectivity index (χ2v) is 5.91. The Labute approximate surface area is 161 Å². The van der Waals surface area contributed by atoms with Gasteiger partial charge in [0.2, 0.25) is 0 Å². The van der Waals surface area contributed by atoms with Gasteiger partial charge in [-0.05, 0) is 18.6 Å². The van der Waals surface area contributed by atoms with Crippen molar-refractivity contribution in [3.63, 3.8) is 0 Å². The van der Waals surface area contributed by atoms with Crippen LogP contribution in [0.2, 0.25) is 0 Å². The number of hydrogen-bond donors (Lipinski definition) is 3. The topological polar surface area (TPSA) is 131 Å². The molecule has 0 fully saturated rings. The SMILES string of the molecule is C[C@H](NC(=O)COC(=O)c1cc([N+](=O)[O-])ccc1NCCO)c1ccccc1. The fraction of sp³-hybridized carbons (Fsp3) is 0.263.